The molecule has 2 aromatic carbocycles. The fourth-order valence-corrected chi connectivity index (χ4v) is 5.35. The van der Waals surface area contributed by atoms with Crippen LogP contribution in [-0.2, 0) is 14.8 Å². The Morgan fingerprint density at radius 1 is 1.15 bits per heavy atom. The number of ether oxygens (including phenoxy) is 2. The van der Waals surface area contributed by atoms with Crippen LogP contribution in [0.3, 0.4) is 0 Å². The van der Waals surface area contributed by atoms with Crippen LogP contribution < -0.4 is 19.1 Å². The third-order valence-electron chi connectivity index (χ3n) is 6.34. The van der Waals surface area contributed by atoms with E-state index < -0.39 is 10.0 Å². The van der Waals surface area contributed by atoms with Crippen molar-refractivity contribution in [2.24, 2.45) is 0 Å². The lowest BCUT2D eigenvalue weighted by atomic mass is 9.83. The summed E-state index contributed by atoms with van der Waals surface area (Å²) in [5.41, 5.74) is 1.15. The molecule has 0 fully saturated rings. The lowest BCUT2D eigenvalue weighted by Crippen LogP contribution is -2.44. The van der Waals surface area contributed by atoms with Crippen molar-refractivity contribution in [1.82, 2.24) is 5.32 Å². The number of anilines is 1. The molecule has 0 aromatic heterocycles. The van der Waals surface area contributed by atoms with Gasteiger partial charge in [-0.25, -0.2) is 8.42 Å². The molecule has 3 rings (SSSR count). The molecule has 0 aliphatic carbocycles. The van der Waals surface area contributed by atoms with Gasteiger partial charge in [-0.3, -0.25) is 9.10 Å². The molecule has 1 atom stereocenters. The molecule has 180 valence electrons. The maximum atomic E-state index is 12.9. The van der Waals surface area contributed by atoms with Crippen molar-refractivity contribution in [2.75, 3.05) is 24.2 Å². The number of carbonyl (C=O) groups is 1. The number of carbonyl (C=O) groups excluding carboxylic acids is 1. The maximum absolute atomic E-state index is 12.9. The van der Waals surface area contributed by atoms with Gasteiger partial charge < -0.3 is 14.8 Å². The molecule has 1 amide bonds. The summed E-state index contributed by atoms with van der Waals surface area (Å²) in [4.78, 5) is 12.9. The van der Waals surface area contributed by atoms with Crippen LogP contribution in [0.25, 0.3) is 0 Å². The van der Waals surface area contributed by atoms with Crippen molar-refractivity contribution in [2.45, 2.75) is 57.6 Å². The average Bonchev–Trinajstić information content (AvgIpc) is 2.81. The Kier molecular flexibility index (Phi) is 7.89. The minimum Gasteiger partial charge on any atom is -0.495 e. The van der Waals surface area contributed by atoms with Crippen LogP contribution in [0.4, 0.5) is 5.69 Å². The van der Waals surface area contributed by atoms with Crippen molar-refractivity contribution in [3.05, 3.63) is 54.1 Å². The van der Waals surface area contributed by atoms with Crippen LogP contribution in [0, 0.1) is 0 Å². The van der Waals surface area contributed by atoms with Crippen LogP contribution in [0.2, 0.25) is 0 Å². The Hall–Kier alpha value is -2.74. The maximum Gasteiger partial charge on any atom is 0.232 e. The molecule has 2 aromatic rings. The smallest absolute Gasteiger partial charge is 0.232 e. The highest BCUT2D eigenvalue weighted by molar-refractivity contribution is 7.92. The van der Waals surface area contributed by atoms with Gasteiger partial charge in [0.05, 0.1) is 25.1 Å². The lowest BCUT2D eigenvalue weighted by molar-refractivity contribution is -0.122. The van der Waals surface area contributed by atoms with Crippen molar-refractivity contribution >= 4 is 21.6 Å². The molecular formula is C25H34N2O5S. The molecule has 0 unspecified atom stereocenters. The van der Waals surface area contributed by atoms with E-state index in [1.54, 1.807) is 24.3 Å². The predicted octanol–water partition coefficient (Wildman–Crippen LogP) is 4.44. The molecule has 0 radical (unpaired) electrons. The molecule has 1 N–H and O–H groups in total. The van der Waals surface area contributed by atoms with Gasteiger partial charge in [0.25, 0.3) is 0 Å². The third-order valence-corrected chi connectivity index (χ3v) is 7.52. The Labute approximate surface area is 197 Å². The summed E-state index contributed by atoms with van der Waals surface area (Å²) in [6.07, 6.45) is 4.17. The number of nitrogens with one attached hydrogen (secondary N) is 1. The van der Waals surface area contributed by atoms with Crippen LogP contribution >= 0.6 is 0 Å². The monoisotopic (exact) mass is 474 g/mol. The highest BCUT2D eigenvalue weighted by atomic mass is 32.2. The van der Waals surface area contributed by atoms with Gasteiger partial charge in [0.15, 0.2) is 0 Å². The second kappa shape index (κ2) is 10.5. The van der Waals surface area contributed by atoms with Gasteiger partial charge in [0.2, 0.25) is 15.9 Å². The van der Waals surface area contributed by atoms with Gasteiger partial charge in [0, 0.05) is 24.9 Å². The first kappa shape index (κ1) is 24.9. The van der Waals surface area contributed by atoms with Crippen molar-refractivity contribution in [3.63, 3.8) is 0 Å². The number of hydrogen-bond acceptors (Lipinski definition) is 5. The van der Waals surface area contributed by atoms with Gasteiger partial charge in [0.1, 0.15) is 17.1 Å². The van der Waals surface area contributed by atoms with E-state index in [1.165, 1.54) is 11.4 Å². The van der Waals surface area contributed by atoms with E-state index in [0.717, 1.165) is 30.4 Å². The van der Waals surface area contributed by atoms with Gasteiger partial charge in [-0.2, -0.15) is 0 Å². The Morgan fingerprint density at radius 2 is 1.82 bits per heavy atom. The molecule has 33 heavy (non-hydrogen) atoms. The van der Waals surface area contributed by atoms with Crippen LogP contribution in [0.5, 0.6) is 11.5 Å². The summed E-state index contributed by atoms with van der Waals surface area (Å²) in [6, 6.07) is 14.7. The Morgan fingerprint density at radius 3 is 2.48 bits per heavy atom. The fourth-order valence-electron chi connectivity index (χ4n) is 4.38. The van der Waals surface area contributed by atoms with E-state index in [2.05, 4.69) is 19.2 Å². The molecule has 0 spiro atoms. The predicted molar refractivity (Wildman–Crippen MR) is 130 cm³/mol. The first-order valence-corrected chi connectivity index (χ1v) is 13.3. The Bertz CT molecular complexity index is 1070. The zero-order chi connectivity index (χ0) is 24.1. The molecule has 1 heterocycles. The number of sulfonamides is 1. The summed E-state index contributed by atoms with van der Waals surface area (Å²) >= 11 is 0. The number of para-hydroxylation sites is 3. The molecule has 0 bridgehead atoms. The molecule has 8 heteroatoms. The second-order valence-electron chi connectivity index (χ2n) is 8.46. The number of benzene rings is 2. The van der Waals surface area contributed by atoms with Gasteiger partial charge in [-0.15, -0.1) is 0 Å². The van der Waals surface area contributed by atoms with E-state index in [4.69, 9.17) is 9.47 Å². The van der Waals surface area contributed by atoms with Crippen LogP contribution in [0.15, 0.2) is 48.5 Å². The molecule has 0 saturated carbocycles. The minimum atomic E-state index is -3.53. The van der Waals surface area contributed by atoms with E-state index in [0.29, 0.717) is 24.3 Å². The van der Waals surface area contributed by atoms with Crippen LogP contribution in [-0.4, -0.2) is 39.8 Å². The highest BCUT2D eigenvalue weighted by Crippen LogP contribution is 2.42. The van der Waals surface area contributed by atoms with Crippen molar-refractivity contribution < 1.29 is 22.7 Å². The Balaban J connectivity index is 1.68. The number of nitrogens with zero attached hydrogens (tertiary/aromatic N) is 1. The highest BCUT2D eigenvalue weighted by Gasteiger charge is 2.38. The van der Waals surface area contributed by atoms with E-state index in [1.807, 2.05) is 24.3 Å². The minimum absolute atomic E-state index is 0.105. The summed E-state index contributed by atoms with van der Waals surface area (Å²) in [7, 11) is -2.03. The van der Waals surface area contributed by atoms with Gasteiger partial charge >= 0.3 is 0 Å². The van der Waals surface area contributed by atoms with E-state index in [9.17, 15) is 13.2 Å². The van der Waals surface area contributed by atoms with Crippen molar-refractivity contribution in [1.29, 1.82) is 0 Å². The molecule has 1 aliphatic rings. The molecule has 7 nitrogen and oxygen atoms in total. The number of rotatable bonds is 10. The average molecular weight is 475 g/mol. The molecule has 0 saturated heterocycles. The summed E-state index contributed by atoms with van der Waals surface area (Å²) in [5.74, 6) is 1.19. The normalized spacial score (nSPS) is 16.9. The number of hydrogen-bond donors (Lipinski definition) is 1. The van der Waals surface area contributed by atoms with Crippen molar-refractivity contribution in [3.8, 4) is 11.5 Å². The molecule has 1 aliphatic heterocycles. The number of methoxy groups -OCH3 is 1. The summed E-state index contributed by atoms with van der Waals surface area (Å²) in [6.45, 7) is 4.40. The number of fused-ring (bicyclic) bond motifs is 1. The first-order chi connectivity index (χ1) is 15.7. The summed E-state index contributed by atoms with van der Waals surface area (Å²) < 4.78 is 37.8. The zero-order valence-electron chi connectivity index (χ0n) is 19.8. The zero-order valence-corrected chi connectivity index (χ0v) is 20.7. The van der Waals surface area contributed by atoms with Gasteiger partial charge in [-0.1, -0.05) is 44.2 Å². The number of amides is 1. The standard InChI is InChI=1S/C25H34N2O5S/c1-5-25(6-2)18-20(19-12-7-9-14-22(19)32-25)26-24(28)16-11-17-27(33(4,29)30)21-13-8-10-15-23(21)31-3/h7-10,12-15,20H,5-6,11,16-18H2,1-4H3,(H,26,28)/t20-/m0/s1. The topological polar surface area (TPSA) is 84.9 Å². The SMILES string of the molecule is CCC1(CC)C[C@H](NC(=O)CCCN(c2ccccc2OC)S(C)(=O)=O)c2ccccc2O1. The van der Waals surface area contributed by atoms with E-state index in [-0.39, 0.29) is 30.5 Å². The second-order valence-corrected chi connectivity index (χ2v) is 10.4. The first-order valence-electron chi connectivity index (χ1n) is 11.4. The van der Waals surface area contributed by atoms with Gasteiger partial charge in [-0.05, 0) is 37.5 Å². The van der Waals surface area contributed by atoms with Crippen LogP contribution in [0.1, 0.15) is 57.6 Å². The quantitative estimate of drug-likeness (QED) is 0.550. The third kappa shape index (κ3) is 5.79. The lowest BCUT2D eigenvalue weighted by Gasteiger charge is -2.41. The molecular weight excluding hydrogens is 440 g/mol. The summed E-state index contributed by atoms with van der Waals surface area (Å²) in [5, 5.41) is 3.16. The van der Waals surface area contributed by atoms with E-state index >= 15 is 0 Å². The largest absolute Gasteiger partial charge is 0.495 e. The fraction of sp³-hybridized carbons (Fsp3) is 0.480.